The van der Waals surface area contributed by atoms with E-state index in [1.54, 1.807) is 0 Å². The highest BCUT2D eigenvalue weighted by molar-refractivity contribution is 5.14. The maximum absolute atomic E-state index is 11.5. The first-order valence-corrected chi connectivity index (χ1v) is 14.5. The van der Waals surface area contributed by atoms with Gasteiger partial charge in [0.2, 0.25) is 0 Å². The third-order valence-electron chi connectivity index (χ3n) is 12.3. The molecule has 7 unspecified atom stereocenters. The Kier molecular flexibility index (Phi) is 6.71. The van der Waals surface area contributed by atoms with E-state index in [1.807, 2.05) is 0 Å². The molecule has 5 N–H and O–H groups in total. The average Bonchev–Trinajstić information content (AvgIpc) is 3.25. The fourth-order valence-electron chi connectivity index (χ4n) is 10.2. The topological polar surface area (TPSA) is 114 Å². The molecular formula is C29H50O6. The quantitative estimate of drug-likeness (QED) is 0.284. The minimum Gasteiger partial charge on any atom is -0.393 e. The molecule has 202 valence electrons. The highest BCUT2D eigenvalue weighted by Gasteiger charge is 2.65. The van der Waals surface area contributed by atoms with Crippen LogP contribution in [-0.2, 0) is 4.74 Å². The van der Waals surface area contributed by atoms with E-state index in [2.05, 4.69) is 34.6 Å². The van der Waals surface area contributed by atoms with E-state index in [1.165, 1.54) is 12.8 Å². The number of aliphatic hydroxyl groups is 5. The van der Waals surface area contributed by atoms with Gasteiger partial charge in [-0.15, -0.1) is 0 Å². The number of rotatable bonds is 6. The summed E-state index contributed by atoms with van der Waals surface area (Å²) in [5, 5.41) is 52.7. The Labute approximate surface area is 211 Å². The predicted octanol–water partition coefficient (Wildman–Crippen LogP) is 3.67. The molecule has 0 radical (unpaired) electrons. The van der Waals surface area contributed by atoms with Gasteiger partial charge in [-0.3, -0.25) is 0 Å². The minimum atomic E-state index is -1.94. The lowest BCUT2D eigenvalue weighted by Gasteiger charge is -2.63. The van der Waals surface area contributed by atoms with Crippen LogP contribution < -0.4 is 0 Å². The van der Waals surface area contributed by atoms with Gasteiger partial charge in [-0.2, -0.15) is 0 Å². The first-order valence-electron chi connectivity index (χ1n) is 14.5. The van der Waals surface area contributed by atoms with E-state index in [4.69, 9.17) is 4.74 Å². The molecular weight excluding hydrogens is 444 g/mol. The number of fused-ring (bicyclic) bond motifs is 5. The minimum absolute atomic E-state index is 0.00339. The van der Waals surface area contributed by atoms with Gasteiger partial charge in [0.25, 0.3) is 0 Å². The van der Waals surface area contributed by atoms with Crippen molar-refractivity contribution in [3.05, 3.63) is 0 Å². The Morgan fingerprint density at radius 2 is 1.43 bits per heavy atom. The zero-order valence-corrected chi connectivity index (χ0v) is 22.4. The number of hydrogen-bond donors (Lipinski definition) is 5. The molecule has 0 bridgehead atoms. The molecule has 0 aromatic heterocycles. The summed E-state index contributed by atoms with van der Waals surface area (Å²) in [7, 11) is 0. The van der Waals surface area contributed by atoms with E-state index < -0.39 is 24.3 Å². The van der Waals surface area contributed by atoms with Gasteiger partial charge in [-0.25, -0.2) is 0 Å². The lowest BCUT2D eigenvalue weighted by Crippen LogP contribution is -2.64. The molecule has 0 aromatic carbocycles. The van der Waals surface area contributed by atoms with Crippen molar-refractivity contribution in [1.29, 1.82) is 0 Å². The third kappa shape index (κ3) is 4.13. The summed E-state index contributed by atoms with van der Waals surface area (Å²) < 4.78 is 5.18. The van der Waals surface area contributed by atoms with Crippen LogP contribution in [0.25, 0.3) is 0 Å². The molecule has 5 fully saturated rings. The molecule has 5 aliphatic rings. The summed E-state index contributed by atoms with van der Waals surface area (Å²) in [5.74, 6) is 0.616. The molecule has 0 aromatic rings. The van der Waals surface area contributed by atoms with E-state index in [0.29, 0.717) is 36.0 Å². The van der Waals surface area contributed by atoms with Crippen LogP contribution in [0, 0.1) is 58.2 Å². The average molecular weight is 495 g/mol. The first kappa shape index (κ1) is 26.4. The molecule has 1 heterocycles. The fraction of sp³-hybridized carbons (Fsp3) is 1.00. The maximum atomic E-state index is 11.5. The van der Waals surface area contributed by atoms with Crippen LogP contribution in [0.15, 0.2) is 0 Å². The Morgan fingerprint density at radius 1 is 0.800 bits per heavy atom. The highest BCUT2D eigenvalue weighted by atomic mass is 16.9. The second kappa shape index (κ2) is 8.91. The van der Waals surface area contributed by atoms with Gasteiger partial charge < -0.3 is 30.3 Å². The van der Waals surface area contributed by atoms with Crippen molar-refractivity contribution >= 4 is 0 Å². The Bertz CT molecular complexity index is 785. The van der Waals surface area contributed by atoms with Crippen molar-refractivity contribution in [3.63, 3.8) is 0 Å². The first-order chi connectivity index (χ1) is 16.3. The zero-order chi connectivity index (χ0) is 25.5. The van der Waals surface area contributed by atoms with Crippen molar-refractivity contribution < 1.29 is 30.3 Å². The van der Waals surface area contributed by atoms with Crippen LogP contribution in [-0.4, -0.2) is 55.9 Å². The van der Waals surface area contributed by atoms with Gasteiger partial charge >= 0.3 is 5.97 Å². The van der Waals surface area contributed by atoms with Crippen molar-refractivity contribution in [3.8, 4) is 0 Å². The normalized spacial score (nSPS) is 52.4. The van der Waals surface area contributed by atoms with Gasteiger partial charge in [0.05, 0.1) is 18.3 Å². The van der Waals surface area contributed by atoms with Crippen molar-refractivity contribution in [2.24, 2.45) is 58.2 Å². The fourth-order valence-corrected chi connectivity index (χ4v) is 10.2. The Hall–Kier alpha value is -0.240. The summed E-state index contributed by atoms with van der Waals surface area (Å²) in [6.45, 7) is 11.4. The van der Waals surface area contributed by atoms with Gasteiger partial charge in [-0.1, -0.05) is 41.0 Å². The van der Waals surface area contributed by atoms with Gasteiger partial charge in [0.15, 0.2) is 0 Å². The number of hydrogen-bond acceptors (Lipinski definition) is 6. The van der Waals surface area contributed by atoms with E-state index in [0.717, 1.165) is 38.5 Å². The van der Waals surface area contributed by atoms with Gasteiger partial charge in [0, 0.05) is 0 Å². The van der Waals surface area contributed by atoms with Crippen molar-refractivity contribution in [2.45, 2.75) is 123 Å². The number of epoxide rings is 1. The standard InChI is InChI=1S/C29H50O6/c1-15(2)18(26-29(33,34)35-26)7-6-16(3)19-8-9-20-23-21(11-13-27(19,20)4)28(5)12-10-17(30)14-22(28)24(31)25(23)32/h15-26,30-34H,6-14H2,1-5H3/t16?,17?,18?,19-,20+,21+,22?,23+,24?,25?,26?,27-,28-/m1/s1. The van der Waals surface area contributed by atoms with E-state index >= 15 is 0 Å². The SMILES string of the molecule is CC(C)C(CCC(C)[C@H]1CC[C@H]2[C@@H]3C(O)C(O)C4CC(O)CC[C@]4(C)[C@H]3CC[C@]12C)C1OC1(O)O. The largest absolute Gasteiger partial charge is 0.393 e. The van der Waals surface area contributed by atoms with Gasteiger partial charge in [-0.05, 0) is 110 Å². The second-order valence-electron chi connectivity index (χ2n) is 14.2. The molecule has 4 aliphatic carbocycles. The van der Waals surface area contributed by atoms with Gasteiger partial charge in [0.1, 0.15) is 6.10 Å². The van der Waals surface area contributed by atoms with Crippen LogP contribution in [0.1, 0.15) is 92.4 Å². The molecule has 1 aliphatic heterocycles. The number of aliphatic hydroxyl groups excluding tert-OH is 3. The molecule has 35 heavy (non-hydrogen) atoms. The molecule has 6 heteroatoms. The lowest BCUT2D eigenvalue weighted by atomic mass is 9.43. The Balaban J connectivity index is 1.31. The predicted molar refractivity (Wildman–Crippen MR) is 133 cm³/mol. The summed E-state index contributed by atoms with van der Waals surface area (Å²) in [6.07, 6.45) is 6.67. The highest BCUT2D eigenvalue weighted by Crippen LogP contribution is 2.68. The molecule has 5 rings (SSSR count). The second-order valence-corrected chi connectivity index (χ2v) is 14.2. The summed E-state index contributed by atoms with van der Waals surface area (Å²) in [5.41, 5.74) is 0.170. The molecule has 0 spiro atoms. The van der Waals surface area contributed by atoms with E-state index in [9.17, 15) is 25.5 Å². The molecule has 4 saturated carbocycles. The Morgan fingerprint density at radius 3 is 2.06 bits per heavy atom. The molecule has 6 nitrogen and oxygen atoms in total. The number of ether oxygens (including phenoxy) is 1. The van der Waals surface area contributed by atoms with Crippen LogP contribution in [0.5, 0.6) is 0 Å². The third-order valence-corrected chi connectivity index (χ3v) is 12.3. The van der Waals surface area contributed by atoms with Crippen molar-refractivity contribution in [2.75, 3.05) is 0 Å². The van der Waals surface area contributed by atoms with Crippen LogP contribution >= 0.6 is 0 Å². The summed E-state index contributed by atoms with van der Waals surface area (Å²) in [6, 6.07) is 0. The lowest BCUT2D eigenvalue weighted by molar-refractivity contribution is -0.223. The summed E-state index contributed by atoms with van der Waals surface area (Å²) >= 11 is 0. The maximum Gasteiger partial charge on any atom is 0.306 e. The summed E-state index contributed by atoms with van der Waals surface area (Å²) in [4.78, 5) is 0. The van der Waals surface area contributed by atoms with Crippen molar-refractivity contribution in [1.82, 2.24) is 0 Å². The molecule has 0 amide bonds. The van der Waals surface area contributed by atoms with Crippen LogP contribution in [0.4, 0.5) is 0 Å². The van der Waals surface area contributed by atoms with Crippen LogP contribution in [0.3, 0.4) is 0 Å². The molecule has 1 saturated heterocycles. The zero-order valence-electron chi connectivity index (χ0n) is 22.4. The smallest absolute Gasteiger partial charge is 0.306 e. The van der Waals surface area contributed by atoms with E-state index in [-0.39, 0.29) is 34.7 Å². The monoisotopic (exact) mass is 494 g/mol. The van der Waals surface area contributed by atoms with Crippen LogP contribution in [0.2, 0.25) is 0 Å². The molecule has 13 atom stereocenters.